The van der Waals surface area contributed by atoms with Crippen LogP contribution in [0.25, 0.3) is 0 Å². The number of amides is 2. The van der Waals surface area contributed by atoms with Gasteiger partial charge in [0.25, 0.3) is 5.91 Å². The number of benzene rings is 1. The summed E-state index contributed by atoms with van der Waals surface area (Å²) in [6, 6.07) is 10.1. The molecule has 1 aromatic carbocycles. The second-order valence-corrected chi connectivity index (χ2v) is 8.97. The number of thiophene rings is 1. The van der Waals surface area contributed by atoms with Crippen LogP contribution >= 0.6 is 11.3 Å². The minimum absolute atomic E-state index is 0.000181. The van der Waals surface area contributed by atoms with Crippen LogP contribution in [-0.4, -0.2) is 34.9 Å². The van der Waals surface area contributed by atoms with Gasteiger partial charge in [0.15, 0.2) is 0 Å². The number of hydrogen-bond acceptors (Lipinski definition) is 3. The Hall–Kier alpha value is -2.86. The fourth-order valence-electron chi connectivity index (χ4n) is 3.87. The highest BCUT2D eigenvalue weighted by Crippen LogP contribution is 2.23. The van der Waals surface area contributed by atoms with Gasteiger partial charge in [-0.1, -0.05) is 23.8 Å². The SMILES string of the molecule is Cc1cc(C)c(NC(=O)CN(C)C(=O)c2cc(C)n(Cc3cccs3)c2C)c(C)c1. The van der Waals surface area contributed by atoms with Crippen LogP contribution in [0.5, 0.6) is 0 Å². The lowest BCUT2D eigenvalue weighted by Crippen LogP contribution is -2.35. The van der Waals surface area contributed by atoms with Crippen molar-refractivity contribution < 1.29 is 9.59 Å². The van der Waals surface area contributed by atoms with E-state index in [-0.39, 0.29) is 18.4 Å². The Labute approximate surface area is 182 Å². The lowest BCUT2D eigenvalue weighted by molar-refractivity contribution is -0.116. The van der Waals surface area contributed by atoms with Gasteiger partial charge in [-0.05, 0) is 63.3 Å². The van der Waals surface area contributed by atoms with Gasteiger partial charge in [-0.3, -0.25) is 9.59 Å². The average molecular weight is 424 g/mol. The molecule has 158 valence electrons. The molecule has 3 rings (SSSR count). The fraction of sp³-hybridized carbons (Fsp3) is 0.333. The van der Waals surface area contributed by atoms with Crippen LogP contribution in [0, 0.1) is 34.6 Å². The topological polar surface area (TPSA) is 54.3 Å². The lowest BCUT2D eigenvalue weighted by Gasteiger charge is -2.19. The van der Waals surface area contributed by atoms with Gasteiger partial charge in [0, 0.05) is 29.0 Å². The summed E-state index contributed by atoms with van der Waals surface area (Å²) in [5.74, 6) is -0.346. The van der Waals surface area contributed by atoms with E-state index < -0.39 is 0 Å². The number of likely N-dealkylation sites (N-methyl/N-ethyl adjacent to an activating group) is 1. The van der Waals surface area contributed by atoms with Crippen LogP contribution in [0.15, 0.2) is 35.7 Å². The van der Waals surface area contributed by atoms with Gasteiger partial charge in [-0.25, -0.2) is 0 Å². The molecule has 2 heterocycles. The van der Waals surface area contributed by atoms with Gasteiger partial charge in [0.05, 0.1) is 18.7 Å². The summed E-state index contributed by atoms with van der Waals surface area (Å²) >= 11 is 1.70. The monoisotopic (exact) mass is 423 g/mol. The minimum Gasteiger partial charge on any atom is -0.343 e. The minimum atomic E-state index is -0.201. The third kappa shape index (κ3) is 4.65. The summed E-state index contributed by atoms with van der Waals surface area (Å²) < 4.78 is 2.14. The highest BCUT2D eigenvalue weighted by Gasteiger charge is 2.21. The van der Waals surface area contributed by atoms with E-state index in [1.165, 1.54) is 9.78 Å². The zero-order chi connectivity index (χ0) is 22.0. The molecular formula is C24H29N3O2S. The number of carbonyl (C=O) groups excluding carboxylic acids is 2. The molecule has 0 aliphatic rings. The fourth-order valence-corrected chi connectivity index (χ4v) is 4.56. The summed E-state index contributed by atoms with van der Waals surface area (Å²) in [7, 11) is 1.67. The second kappa shape index (κ2) is 8.88. The molecule has 6 heteroatoms. The first-order chi connectivity index (χ1) is 14.2. The van der Waals surface area contributed by atoms with Crippen LogP contribution in [0.2, 0.25) is 0 Å². The molecule has 2 aromatic heterocycles. The summed E-state index contributed by atoms with van der Waals surface area (Å²) in [6.07, 6.45) is 0. The summed E-state index contributed by atoms with van der Waals surface area (Å²) in [6.45, 7) is 10.7. The van der Waals surface area contributed by atoms with Crippen molar-refractivity contribution in [1.82, 2.24) is 9.47 Å². The van der Waals surface area contributed by atoms with Crippen LogP contribution in [0.3, 0.4) is 0 Å². The van der Waals surface area contributed by atoms with Crippen molar-refractivity contribution in [2.24, 2.45) is 0 Å². The molecular weight excluding hydrogens is 394 g/mol. The molecule has 0 bridgehead atoms. The van der Waals surface area contributed by atoms with E-state index >= 15 is 0 Å². The first-order valence-corrected chi connectivity index (χ1v) is 10.9. The van der Waals surface area contributed by atoms with Crippen LogP contribution in [0.1, 0.15) is 43.3 Å². The Morgan fingerprint density at radius 3 is 2.33 bits per heavy atom. The van der Waals surface area contributed by atoms with E-state index in [4.69, 9.17) is 0 Å². The van der Waals surface area contributed by atoms with Gasteiger partial charge < -0.3 is 14.8 Å². The van der Waals surface area contributed by atoms with E-state index in [1.54, 1.807) is 18.4 Å². The number of rotatable bonds is 6. The first kappa shape index (κ1) is 21.8. The van der Waals surface area contributed by atoms with Crippen molar-refractivity contribution in [3.8, 4) is 0 Å². The molecule has 30 heavy (non-hydrogen) atoms. The van der Waals surface area contributed by atoms with Crippen LogP contribution in [0.4, 0.5) is 5.69 Å². The molecule has 0 aliphatic heterocycles. The summed E-state index contributed by atoms with van der Waals surface area (Å²) in [5, 5.41) is 5.02. The molecule has 5 nitrogen and oxygen atoms in total. The molecule has 0 saturated carbocycles. The molecule has 0 atom stereocenters. The highest BCUT2D eigenvalue weighted by molar-refractivity contribution is 7.09. The zero-order valence-corrected chi connectivity index (χ0v) is 19.3. The van der Waals surface area contributed by atoms with Crippen molar-refractivity contribution in [3.63, 3.8) is 0 Å². The zero-order valence-electron chi connectivity index (χ0n) is 18.5. The Bertz CT molecular complexity index is 1060. The first-order valence-electron chi connectivity index (χ1n) is 9.99. The maximum absolute atomic E-state index is 13.0. The number of nitrogens with zero attached hydrogens (tertiary/aromatic N) is 2. The highest BCUT2D eigenvalue weighted by atomic mass is 32.1. The third-order valence-corrected chi connectivity index (χ3v) is 6.23. The lowest BCUT2D eigenvalue weighted by atomic mass is 10.1. The molecule has 0 spiro atoms. The van der Waals surface area contributed by atoms with E-state index in [1.807, 2.05) is 58.9 Å². The van der Waals surface area contributed by atoms with Crippen molar-refractivity contribution >= 4 is 28.8 Å². The number of nitrogens with one attached hydrogen (secondary N) is 1. The summed E-state index contributed by atoms with van der Waals surface area (Å²) in [5.41, 5.74) is 6.62. The van der Waals surface area contributed by atoms with E-state index in [0.717, 1.165) is 40.3 Å². The molecule has 0 unspecified atom stereocenters. The van der Waals surface area contributed by atoms with Gasteiger partial charge >= 0.3 is 0 Å². The van der Waals surface area contributed by atoms with E-state index in [2.05, 4.69) is 21.3 Å². The van der Waals surface area contributed by atoms with Gasteiger partial charge in [0.2, 0.25) is 5.91 Å². The van der Waals surface area contributed by atoms with E-state index in [9.17, 15) is 9.59 Å². The standard InChI is InChI=1S/C24H29N3O2S/c1-15-10-16(2)23(17(3)11-15)25-22(28)14-26(6)24(29)21-12-18(4)27(19(21)5)13-20-8-7-9-30-20/h7-12H,13-14H2,1-6H3,(H,25,28). The number of carbonyl (C=O) groups is 2. The number of hydrogen-bond donors (Lipinski definition) is 1. The maximum atomic E-state index is 13.0. The van der Waals surface area contributed by atoms with Gasteiger partial charge in [0.1, 0.15) is 0 Å². The van der Waals surface area contributed by atoms with Crippen molar-refractivity contribution in [3.05, 3.63) is 74.2 Å². The predicted molar refractivity (Wildman–Crippen MR) is 124 cm³/mol. The average Bonchev–Trinajstić information content (AvgIpc) is 3.27. The van der Waals surface area contributed by atoms with Gasteiger partial charge in [-0.2, -0.15) is 0 Å². The maximum Gasteiger partial charge on any atom is 0.255 e. The normalized spacial score (nSPS) is 10.9. The van der Waals surface area contributed by atoms with Crippen molar-refractivity contribution in [2.45, 2.75) is 41.2 Å². The number of anilines is 1. The van der Waals surface area contributed by atoms with Crippen molar-refractivity contribution in [1.29, 1.82) is 0 Å². The summed E-state index contributed by atoms with van der Waals surface area (Å²) in [4.78, 5) is 28.4. The second-order valence-electron chi connectivity index (χ2n) is 7.93. The van der Waals surface area contributed by atoms with E-state index in [0.29, 0.717) is 5.56 Å². The third-order valence-electron chi connectivity index (χ3n) is 5.37. The smallest absolute Gasteiger partial charge is 0.255 e. The predicted octanol–water partition coefficient (Wildman–Crippen LogP) is 4.85. The number of aromatic nitrogens is 1. The van der Waals surface area contributed by atoms with Crippen molar-refractivity contribution in [2.75, 3.05) is 18.9 Å². The Kier molecular flexibility index (Phi) is 6.46. The van der Waals surface area contributed by atoms with Crippen LogP contribution in [-0.2, 0) is 11.3 Å². The quantitative estimate of drug-likeness (QED) is 0.616. The molecule has 3 aromatic rings. The molecule has 0 radical (unpaired) electrons. The number of aryl methyl sites for hydroxylation is 4. The largest absolute Gasteiger partial charge is 0.343 e. The Balaban J connectivity index is 1.71. The van der Waals surface area contributed by atoms with Gasteiger partial charge in [-0.15, -0.1) is 11.3 Å². The molecule has 0 fully saturated rings. The molecule has 1 N–H and O–H groups in total. The molecule has 0 saturated heterocycles. The molecule has 2 amide bonds. The van der Waals surface area contributed by atoms with Crippen LogP contribution < -0.4 is 5.32 Å². The Morgan fingerprint density at radius 1 is 1.07 bits per heavy atom. The molecule has 0 aliphatic carbocycles. The Morgan fingerprint density at radius 2 is 1.73 bits per heavy atom.